The van der Waals surface area contributed by atoms with Crippen LogP contribution in [0.1, 0.15) is 18.4 Å². The van der Waals surface area contributed by atoms with E-state index in [1.54, 1.807) is 0 Å². The fraction of sp³-hybridized carbons (Fsp3) is 0.545. The van der Waals surface area contributed by atoms with Crippen molar-refractivity contribution in [3.05, 3.63) is 41.1 Å². The number of hydrogen-bond donors (Lipinski definition) is 12. The van der Waals surface area contributed by atoms with Gasteiger partial charge in [-0.05, 0) is 23.8 Å². The van der Waals surface area contributed by atoms with Crippen LogP contribution in [0.5, 0.6) is 11.5 Å². The van der Waals surface area contributed by atoms with Crippen LogP contribution in [-0.4, -0.2) is 174 Å². The summed E-state index contributed by atoms with van der Waals surface area (Å²) in [6.07, 6.45) is -17.5. The number of benzene rings is 1. The van der Waals surface area contributed by atoms with Crippen molar-refractivity contribution in [1.29, 1.82) is 0 Å². The van der Waals surface area contributed by atoms with Crippen molar-refractivity contribution in [2.75, 3.05) is 19.8 Å². The highest BCUT2D eigenvalue weighted by Gasteiger charge is 2.53. The number of esters is 1. The van der Waals surface area contributed by atoms with Crippen molar-refractivity contribution in [2.45, 2.75) is 92.8 Å². The molecule has 1 aromatic carbocycles. The zero-order valence-corrected chi connectivity index (χ0v) is 28.9. The highest BCUT2D eigenvalue weighted by molar-refractivity contribution is 5.90. The number of carbonyl (C=O) groups excluding carboxylic acids is 2. The van der Waals surface area contributed by atoms with Gasteiger partial charge in [-0.1, -0.05) is 0 Å². The summed E-state index contributed by atoms with van der Waals surface area (Å²) in [5, 5.41) is 116. The van der Waals surface area contributed by atoms with Crippen LogP contribution in [0.3, 0.4) is 0 Å². The Balaban J connectivity index is 1.45. The molecule has 2 saturated heterocycles. The number of phenols is 1. The molecule has 23 nitrogen and oxygen atoms in total. The largest absolute Gasteiger partial charge is 0.544 e. The van der Waals surface area contributed by atoms with E-state index in [9.17, 15) is 75.0 Å². The number of hydrogen-bond acceptors (Lipinski definition) is 19. The number of aliphatic hydroxyl groups is 6. The summed E-state index contributed by atoms with van der Waals surface area (Å²) in [5.41, 5.74) is 0.390. The molecule has 13 atom stereocenters. The Morgan fingerprint density at radius 2 is 1.57 bits per heavy atom. The number of quaternary nitrogens is 1. The van der Waals surface area contributed by atoms with E-state index in [0.717, 1.165) is 6.07 Å². The van der Waals surface area contributed by atoms with E-state index >= 15 is 0 Å². The molecular formula is C33H40N2O21. The van der Waals surface area contributed by atoms with Crippen LogP contribution in [0.2, 0.25) is 0 Å². The summed E-state index contributed by atoms with van der Waals surface area (Å²) >= 11 is 0. The molecule has 1 unspecified atom stereocenters. The second kappa shape index (κ2) is 17.5. The van der Waals surface area contributed by atoms with Gasteiger partial charge >= 0.3 is 23.9 Å². The Labute approximate surface area is 314 Å². The summed E-state index contributed by atoms with van der Waals surface area (Å²) in [6, 6.07) is -0.200. The van der Waals surface area contributed by atoms with Crippen molar-refractivity contribution in [1.82, 2.24) is 5.32 Å². The minimum absolute atomic E-state index is 0.131. The lowest BCUT2D eigenvalue weighted by Gasteiger charge is -2.46. The number of aliphatic carboxylic acids is 4. The number of carboxylic acids is 4. The van der Waals surface area contributed by atoms with E-state index in [2.05, 4.69) is 5.32 Å². The normalized spacial score (nSPS) is 34.8. The fourth-order valence-corrected chi connectivity index (χ4v) is 6.80. The molecule has 4 heterocycles. The zero-order chi connectivity index (χ0) is 41.2. The summed E-state index contributed by atoms with van der Waals surface area (Å²) in [7, 11) is 0. The third kappa shape index (κ3) is 9.02. The third-order valence-corrected chi connectivity index (χ3v) is 9.61. The molecule has 12 N–H and O–H groups in total. The van der Waals surface area contributed by atoms with Gasteiger partial charge in [-0.3, -0.25) is 14.5 Å². The van der Waals surface area contributed by atoms with Crippen molar-refractivity contribution in [2.24, 2.45) is 0 Å². The molecule has 308 valence electrons. The Bertz CT molecular complexity index is 1750. The summed E-state index contributed by atoms with van der Waals surface area (Å²) < 4.78 is 27.7. The molecule has 2 fully saturated rings. The predicted molar refractivity (Wildman–Crippen MR) is 172 cm³/mol. The average Bonchev–Trinajstić information content (AvgIpc) is 3.49. The number of fused-ring (bicyclic) bond motifs is 1. The first-order valence-electron chi connectivity index (χ1n) is 17.0. The van der Waals surface area contributed by atoms with Crippen molar-refractivity contribution in [3.63, 3.8) is 0 Å². The van der Waals surface area contributed by atoms with E-state index in [-0.39, 0.29) is 46.8 Å². The number of ether oxygens (including phenoxy) is 5. The van der Waals surface area contributed by atoms with Gasteiger partial charge in [0.1, 0.15) is 79.0 Å². The van der Waals surface area contributed by atoms with Gasteiger partial charge in [-0.25, -0.2) is 9.59 Å². The maximum absolute atomic E-state index is 12.3. The summed E-state index contributed by atoms with van der Waals surface area (Å²) in [4.78, 5) is 59.0. The quantitative estimate of drug-likeness (QED) is 0.0614. The standard InChI is InChI=1S/C33H40N2O21/c36-9-19-23(42)24(43)25(44)32(53-19)56-28-26(45)27(55-22(41)8-21(39)40)20(10-37)54-33(28)52-18-6-12-5-16(31(50)51)35(15(12)7-17(18)38)2-1-11-3-13(29(46)47)34-14(4-11)30(48)49/h1,3,6-7,14,16,19-20,23-28,32-34,36-38,42-45H,2,4-5,8-10H2,(H,39,40)(H,46,47)(H,48,49)(H,50,51)/t14-,16-,19+,20+,23+,24-,25+,26-,27+,28+,32-,33+/m0/s1. The van der Waals surface area contributed by atoms with Crippen molar-refractivity contribution < 1.29 is 109 Å². The van der Waals surface area contributed by atoms with Gasteiger partial charge in [0, 0.05) is 24.5 Å². The second-order valence-electron chi connectivity index (χ2n) is 13.3. The number of aromatic hydroxyl groups is 1. The molecule has 0 radical (unpaired) electrons. The Morgan fingerprint density at radius 1 is 0.893 bits per heavy atom. The first-order chi connectivity index (χ1) is 26.4. The smallest absolute Gasteiger partial charge is 0.351 e. The lowest BCUT2D eigenvalue weighted by Crippen LogP contribution is -3.11. The van der Waals surface area contributed by atoms with Gasteiger partial charge in [-0.15, -0.1) is 0 Å². The monoisotopic (exact) mass is 800 g/mol. The summed E-state index contributed by atoms with van der Waals surface area (Å²) in [5.74, 6) is -8.26. The van der Waals surface area contributed by atoms with Crippen LogP contribution in [0.25, 0.3) is 0 Å². The van der Waals surface area contributed by atoms with E-state index in [0.29, 0.717) is 0 Å². The number of allylic oxidation sites excluding steroid dienone is 1. The number of aliphatic hydroxyl groups excluding tert-OH is 6. The second-order valence-corrected chi connectivity index (χ2v) is 13.3. The highest BCUT2D eigenvalue weighted by atomic mass is 16.8. The number of rotatable bonds is 14. The summed E-state index contributed by atoms with van der Waals surface area (Å²) in [6.45, 7) is -1.98. The Kier molecular flexibility index (Phi) is 13.2. The Hall–Kier alpha value is -4.95. The minimum atomic E-state index is -2.09. The van der Waals surface area contributed by atoms with Gasteiger partial charge < -0.3 is 90.0 Å². The zero-order valence-electron chi connectivity index (χ0n) is 28.9. The van der Waals surface area contributed by atoms with Crippen molar-refractivity contribution in [3.8, 4) is 11.5 Å². The highest BCUT2D eigenvalue weighted by Crippen LogP contribution is 2.38. The number of phenolic OH excluding ortho intramolecular Hbond substituents is 1. The maximum Gasteiger partial charge on any atom is 0.351 e. The lowest BCUT2D eigenvalue weighted by atomic mass is 9.97. The predicted octanol–water partition coefficient (Wildman–Crippen LogP) is -7.05. The van der Waals surface area contributed by atoms with E-state index in [1.807, 2.05) is 0 Å². The average molecular weight is 801 g/mol. The van der Waals surface area contributed by atoms with Crippen LogP contribution in [0.15, 0.2) is 35.6 Å². The molecule has 23 heteroatoms. The van der Waals surface area contributed by atoms with Crippen LogP contribution < -0.4 is 20.1 Å². The molecule has 0 aliphatic carbocycles. The van der Waals surface area contributed by atoms with Crippen LogP contribution in [-0.2, 0) is 49.3 Å². The molecule has 4 aliphatic rings. The van der Waals surface area contributed by atoms with E-state index in [1.165, 1.54) is 18.2 Å². The van der Waals surface area contributed by atoms with Crippen LogP contribution >= 0.6 is 0 Å². The molecule has 0 spiro atoms. The number of nitrogens with one attached hydrogen (secondary N) is 2. The maximum atomic E-state index is 12.3. The lowest BCUT2D eigenvalue weighted by molar-refractivity contribution is -0.840. The van der Waals surface area contributed by atoms with Crippen LogP contribution in [0, 0.1) is 0 Å². The van der Waals surface area contributed by atoms with Gasteiger partial charge in [0.2, 0.25) is 6.29 Å². The molecule has 0 bridgehead atoms. The number of carbonyl (C=O) groups is 5. The first-order valence-corrected chi connectivity index (χ1v) is 17.0. The third-order valence-electron chi connectivity index (χ3n) is 9.61. The Morgan fingerprint density at radius 3 is 2.18 bits per heavy atom. The molecule has 4 aliphatic heterocycles. The van der Waals surface area contributed by atoms with Crippen molar-refractivity contribution >= 4 is 35.5 Å². The first kappa shape index (κ1) is 42.2. The molecule has 0 amide bonds. The molecule has 0 aromatic heterocycles. The van der Waals surface area contributed by atoms with Gasteiger partial charge in [0.05, 0.1) is 13.2 Å². The van der Waals surface area contributed by atoms with E-state index < -0.39 is 134 Å². The molecule has 56 heavy (non-hydrogen) atoms. The minimum Gasteiger partial charge on any atom is -0.544 e. The topological polar surface area (TPSA) is 373 Å². The molecule has 1 aromatic rings. The van der Waals surface area contributed by atoms with Gasteiger partial charge in [0.25, 0.3) is 0 Å². The fourth-order valence-electron chi connectivity index (χ4n) is 6.80. The van der Waals surface area contributed by atoms with Gasteiger partial charge in [0.15, 0.2) is 30.0 Å². The molecule has 0 saturated carbocycles. The number of carboxylic acid groups (broad SMARTS) is 4. The molecular weight excluding hydrogens is 760 g/mol. The van der Waals surface area contributed by atoms with Crippen LogP contribution in [0.4, 0.5) is 5.69 Å². The van der Waals surface area contributed by atoms with Gasteiger partial charge in [-0.2, -0.15) is 0 Å². The SMILES string of the molecule is O=C(O)CC(=O)O[C@H]1[C@H](O)[C@@H](O[C@@H]2O[C@H](CO)[C@@H](O)[C@H](O)[C@H]2O)[C@H](Oc2cc3c(cc2O)[NH+](CC=C2C=C(C(=O)O)N[C@H](C(=O)O)C2)[C@H](C(=O)[O-])C3)O[C@@H]1CO. The molecule has 5 rings (SSSR count). The van der Waals surface area contributed by atoms with E-state index in [4.69, 9.17) is 28.8 Å².